The Balaban J connectivity index is 0.00000106. The quantitative estimate of drug-likeness (QED) is 0.492. The normalized spacial score (nSPS) is 17.3. The maximum absolute atomic E-state index is 13.4. The number of fused-ring (bicyclic) bond motifs is 1. The third kappa shape index (κ3) is 3.74. The van der Waals surface area contributed by atoms with E-state index in [1.54, 1.807) is 12.1 Å². The first-order valence-electron chi connectivity index (χ1n) is 10.7. The van der Waals surface area contributed by atoms with Crippen LogP contribution in [0.25, 0.3) is 22.2 Å². The summed E-state index contributed by atoms with van der Waals surface area (Å²) in [6.07, 6.45) is 11.7. The van der Waals surface area contributed by atoms with Gasteiger partial charge >= 0.3 is 0 Å². The minimum Gasteiger partial charge on any atom is -0.400 e. The number of aliphatic hydroxyl groups is 1. The molecule has 0 amide bonds. The van der Waals surface area contributed by atoms with Crippen molar-refractivity contribution in [2.24, 2.45) is 0 Å². The van der Waals surface area contributed by atoms with Gasteiger partial charge in [0.2, 0.25) is 5.95 Å². The molecule has 3 aromatic rings. The van der Waals surface area contributed by atoms with Gasteiger partial charge in [0.15, 0.2) is 11.9 Å². The van der Waals surface area contributed by atoms with Gasteiger partial charge in [-0.05, 0) is 49.4 Å². The van der Waals surface area contributed by atoms with Gasteiger partial charge in [-0.15, -0.1) is 0 Å². The Labute approximate surface area is 175 Å². The maximum atomic E-state index is 13.4. The third-order valence-corrected chi connectivity index (χ3v) is 6.28. The topological polar surface area (TPSA) is 80.9 Å². The largest absolute Gasteiger partial charge is 0.400 e. The van der Waals surface area contributed by atoms with Crippen LogP contribution in [0.1, 0.15) is 79.5 Å². The van der Waals surface area contributed by atoms with Crippen LogP contribution in [0.15, 0.2) is 24.4 Å². The van der Waals surface area contributed by atoms with Crippen LogP contribution in [0, 0.1) is 5.95 Å². The molecule has 158 valence electrons. The van der Waals surface area contributed by atoms with Gasteiger partial charge in [-0.2, -0.15) is 9.49 Å². The predicted octanol–water partition coefficient (Wildman–Crippen LogP) is 4.83. The van der Waals surface area contributed by atoms with Gasteiger partial charge in [-0.3, -0.25) is 4.79 Å². The molecule has 0 atom stereocenters. The molecule has 7 heteroatoms. The molecule has 30 heavy (non-hydrogen) atoms. The number of rotatable bonds is 4. The fourth-order valence-electron chi connectivity index (χ4n) is 4.55. The lowest BCUT2D eigenvalue weighted by Gasteiger charge is -2.24. The second-order valence-corrected chi connectivity index (χ2v) is 8.03. The number of hydrogen-bond donors (Lipinski definition) is 1. The average molecular weight is 410 g/mol. The minimum atomic E-state index is -0.512. The maximum Gasteiger partial charge on any atom is 0.212 e. The standard InChI is InChI=1S/C22H23FN4O.CH4O/c23-19-10-9-15(12-24-19)18-11-16(13-28)25-22-20(18)21(14-5-4-6-14)26-27(22)17-7-2-1-3-8-17;1-2/h9-14,17H,1-8H2;2H,1H3. The average Bonchev–Trinajstić information content (AvgIpc) is 3.13. The lowest BCUT2D eigenvalue weighted by atomic mass is 9.81. The zero-order valence-electron chi connectivity index (χ0n) is 17.2. The molecule has 2 saturated carbocycles. The van der Waals surface area contributed by atoms with Crippen molar-refractivity contribution < 1.29 is 14.3 Å². The predicted molar refractivity (Wildman–Crippen MR) is 113 cm³/mol. The summed E-state index contributed by atoms with van der Waals surface area (Å²) in [5.41, 5.74) is 3.92. The van der Waals surface area contributed by atoms with E-state index in [1.807, 2.05) is 0 Å². The molecule has 0 unspecified atom stereocenters. The molecule has 5 rings (SSSR count). The summed E-state index contributed by atoms with van der Waals surface area (Å²) in [6, 6.07) is 5.20. The Kier molecular flexibility index (Phi) is 6.18. The lowest BCUT2D eigenvalue weighted by molar-refractivity contribution is 0.111. The van der Waals surface area contributed by atoms with E-state index >= 15 is 0 Å². The molecule has 0 aliphatic heterocycles. The molecule has 0 spiro atoms. The van der Waals surface area contributed by atoms with Crippen LogP contribution in [-0.4, -0.2) is 38.3 Å². The van der Waals surface area contributed by atoms with Crippen molar-refractivity contribution in [2.45, 2.75) is 63.3 Å². The number of carbonyl (C=O) groups is 1. The Hall–Kier alpha value is -2.67. The van der Waals surface area contributed by atoms with Crippen molar-refractivity contribution in [3.8, 4) is 11.1 Å². The first-order chi connectivity index (χ1) is 14.7. The summed E-state index contributed by atoms with van der Waals surface area (Å²) >= 11 is 0. The number of nitrogens with zero attached hydrogens (tertiary/aromatic N) is 4. The highest BCUT2D eigenvalue weighted by Gasteiger charge is 2.30. The molecule has 2 fully saturated rings. The Morgan fingerprint density at radius 3 is 2.47 bits per heavy atom. The van der Waals surface area contributed by atoms with Gasteiger partial charge in [0, 0.05) is 24.8 Å². The summed E-state index contributed by atoms with van der Waals surface area (Å²) in [7, 11) is 1.00. The van der Waals surface area contributed by atoms with E-state index in [4.69, 9.17) is 10.2 Å². The molecule has 2 aliphatic carbocycles. The molecule has 2 aliphatic rings. The van der Waals surface area contributed by atoms with Crippen molar-refractivity contribution in [1.82, 2.24) is 19.7 Å². The summed E-state index contributed by atoms with van der Waals surface area (Å²) in [5.74, 6) is -0.0786. The summed E-state index contributed by atoms with van der Waals surface area (Å²) in [6.45, 7) is 0. The molecule has 3 aromatic heterocycles. The minimum absolute atomic E-state index is 0.332. The first kappa shape index (κ1) is 20.6. The van der Waals surface area contributed by atoms with Crippen molar-refractivity contribution in [3.63, 3.8) is 0 Å². The highest BCUT2D eigenvalue weighted by molar-refractivity contribution is 5.97. The SMILES string of the molecule is CO.O=Cc1cc(-c2ccc(F)nc2)c2c(C3CCC3)nn(C3CCCCC3)c2n1. The first-order valence-corrected chi connectivity index (χ1v) is 10.7. The number of aliphatic hydroxyl groups excluding tert-OH is 1. The number of aldehydes is 1. The number of aromatic nitrogens is 4. The van der Waals surface area contributed by atoms with E-state index in [0.29, 0.717) is 17.7 Å². The van der Waals surface area contributed by atoms with Crippen LogP contribution in [-0.2, 0) is 0 Å². The number of hydrogen-bond acceptors (Lipinski definition) is 5. The highest BCUT2D eigenvalue weighted by atomic mass is 19.1. The van der Waals surface area contributed by atoms with Crippen molar-refractivity contribution in [1.29, 1.82) is 0 Å². The zero-order chi connectivity index (χ0) is 21.1. The molecular formula is C23H27FN4O2. The summed E-state index contributed by atoms with van der Waals surface area (Å²) in [4.78, 5) is 20.1. The van der Waals surface area contributed by atoms with Crippen molar-refractivity contribution in [2.75, 3.05) is 7.11 Å². The fraction of sp³-hybridized carbons (Fsp3) is 0.478. The van der Waals surface area contributed by atoms with Gasteiger partial charge in [0.1, 0.15) is 5.69 Å². The second kappa shape index (κ2) is 9.00. The van der Waals surface area contributed by atoms with Crippen molar-refractivity contribution >= 4 is 17.3 Å². The molecule has 0 bridgehead atoms. The summed E-state index contributed by atoms with van der Waals surface area (Å²) in [5, 5.41) is 13.1. The van der Waals surface area contributed by atoms with Gasteiger partial charge < -0.3 is 5.11 Å². The van der Waals surface area contributed by atoms with E-state index in [-0.39, 0.29) is 0 Å². The van der Waals surface area contributed by atoms with Gasteiger partial charge in [0.05, 0.1) is 17.1 Å². The molecule has 0 aromatic carbocycles. The number of halogens is 1. The molecule has 1 N–H and O–H groups in total. The van der Waals surface area contributed by atoms with E-state index in [1.165, 1.54) is 37.9 Å². The molecule has 0 saturated heterocycles. The Morgan fingerprint density at radius 1 is 1.10 bits per heavy atom. The zero-order valence-corrected chi connectivity index (χ0v) is 17.2. The highest BCUT2D eigenvalue weighted by Crippen LogP contribution is 2.43. The summed E-state index contributed by atoms with van der Waals surface area (Å²) < 4.78 is 15.5. The monoisotopic (exact) mass is 410 g/mol. The lowest BCUT2D eigenvalue weighted by Crippen LogP contribution is -2.16. The van der Waals surface area contributed by atoms with Gasteiger partial charge in [0.25, 0.3) is 0 Å². The van der Waals surface area contributed by atoms with Crippen LogP contribution in [0.5, 0.6) is 0 Å². The molecule has 0 radical (unpaired) electrons. The van der Waals surface area contributed by atoms with E-state index in [0.717, 1.165) is 66.9 Å². The van der Waals surface area contributed by atoms with Crippen LogP contribution >= 0.6 is 0 Å². The smallest absolute Gasteiger partial charge is 0.212 e. The van der Waals surface area contributed by atoms with Crippen LogP contribution in [0.3, 0.4) is 0 Å². The third-order valence-electron chi connectivity index (χ3n) is 6.28. The Bertz CT molecular complexity index is 1020. The molecule has 3 heterocycles. The van der Waals surface area contributed by atoms with Crippen LogP contribution < -0.4 is 0 Å². The number of carbonyl (C=O) groups excluding carboxylic acids is 1. The Morgan fingerprint density at radius 2 is 1.87 bits per heavy atom. The number of pyridine rings is 2. The molecule has 6 nitrogen and oxygen atoms in total. The van der Waals surface area contributed by atoms with Crippen LogP contribution in [0.4, 0.5) is 4.39 Å². The van der Waals surface area contributed by atoms with E-state index in [9.17, 15) is 9.18 Å². The van der Waals surface area contributed by atoms with Gasteiger partial charge in [-0.1, -0.05) is 25.7 Å². The molecular weight excluding hydrogens is 383 g/mol. The fourth-order valence-corrected chi connectivity index (χ4v) is 4.55. The van der Waals surface area contributed by atoms with E-state index in [2.05, 4.69) is 14.6 Å². The second-order valence-electron chi connectivity index (χ2n) is 8.03. The van der Waals surface area contributed by atoms with Crippen LogP contribution in [0.2, 0.25) is 0 Å². The van der Waals surface area contributed by atoms with E-state index < -0.39 is 5.95 Å². The van der Waals surface area contributed by atoms with Gasteiger partial charge in [-0.25, -0.2) is 14.6 Å². The van der Waals surface area contributed by atoms with Crippen molar-refractivity contribution in [3.05, 3.63) is 41.7 Å².